The van der Waals surface area contributed by atoms with Gasteiger partial charge in [0.15, 0.2) is 0 Å². The lowest BCUT2D eigenvalue weighted by Gasteiger charge is -2.25. The fourth-order valence-corrected chi connectivity index (χ4v) is 2.55. The molecule has 3 heteroatoms. The Hall–Kier alpha value is -1.51. The Labute approximate surface area is 122 Å². The Bertz CT molecular complexity index is 510. The second-order valence-electron chi connectivity index (χ2n) is 7.24. The van der Waals surface area contributed by atoms with Gasteiger partial charge < -0.3 is 10.5 Å². The molecule has 2 rings (SSSR count). The van der Waals surface area contributed by atoms with Crippen LogP contribution in [0.25, 0.3) is 0 Å². The van der Waals surface area contributed by atoms with Crippen LogP contribution in [-0.2, 0) is 5.41 Å². The fraction of sp³-hybridized carbons (Fsp3) is 0.588. The average molecular weight is 274 g/mol. The Morgan fingerprint density at radius 3 is 2.50 bits per heavy atom. The summed E-state index contributed by atoms with van der Waals surface area (Å²) in [5.74, 6) is 1.25. The van der Waals surface area contributed by atoms with Gasteiger partial charge in [0.05, 0.1) is 12.4 Å². The Balaban J connectivity index is 2.13. The maximum Gasteiger partial charge on any atom is 0.123 e. The molecule has 0 unspecified atom stereocenters. The highest BCUT2D eigenvalue weighted by Gasteiger charge is 2.44. The summed E-state index contributed by atoms with van der Waals surface area (Å²) in [4.78, 5) is 0. The Morgan fingerprint density at radius 1 is 1.35 bits per heavy atom. The summed E-state index contributed by atoms with van der Waals surface area (Å²) in [6, 6.07) is 6.41. The maximum atomic E-state index is 7.47. The quantitative estimate of drug-likeness (QED) is 0.634. The lowest BCUT2D eigenvalue weighted by molar-refractivity contribution is 0.233. The molecule has 3 nitrogen and oxygen atoms in total. The van der Waals surface area contributed by atoms with Crippen LogP contribution in [0.3, 0.4) is 0 Å². The summed E-state index contributed by atoms with van der Waals surface area (Å²) >= 11 is 0. The second-order valence-corrected chi connectivity index (χ2v) is 7.24. The molecule has 1 aliphatic carbocycles. The summed E-state index contributed by atoms with van der Waals surface area (Å²) in [7, 11) is 0. The molecule has 0 heterocycles. The van der Waals surface area contributed by atoms with Crippen LogP contribution in [0.15, 0.2) is 18.2 Å². The predicted octanol–water partition coefficient (Wildman–Crippen LogP) is 3.78. The SMILES string of the molecule is Cc1ccc(C(C)(C)C)c(OCC2(CC(=N)N)CC2)c1. The van der Waals surface area contributed by atoms with E-state index in [0.717, 1.165) is 18.6 Å². The van der Waals surface area contributed by atoms with Crippen LogP contribution < -0.4 is 10.5 Å². The van der Waals surface area contributed by atoms with Crippen molar-refractivity contribution in [3.05, 3.63) is 29.3 Å². The molecule has 0 atom stereocenters. The number of ether oxygens (including phenoxy) is 1. The van der Waals surface area contributed by atoms with E-state index in [-0.39, 0.29) is 16.7 Å². The number of hydrogen-bond acceptors (Lipinski definition) is 2. The van der Waals surface area contributed by atoms with E-state index in [1.54, 1.807) is 0 Å². The van der Waals surface area contributed by atoms with Gasteiger partial charge in [-0.15, -0.1) is 0 Å². The minimum Gasteiger partial charge on any atom is -0.493 e. The van der Waals surface area contributed by atoms with Crippen molar-refractivity contribution in [1.29, 1.82) is 5.41 Å². The van der Waals surface area contributed by atoms with Crippen LogP contribution in [0, 0.1) is 17.7 Å². The molecule has 1 fully saturated rings. The zero-order valence-corrected chi connectivity index (χ0v) is 13.0. The van der Waals surface area contributed by atoms with Gasteiger partial charge in [-0.1, -0.05) is 32.9 Å². The van der Waals surface area contributed by atoms with Crippen LogP contribution in [-0.4, -0.2) is 12.4 Å². The Kier molecular flexibility index (Phi) is 3.81. The van der Waals surface area contributed by atoms with Crippen molar-refractivity contribution < 1.29 is 4.74 Å². The molecule has 0 saturated heterocycles. The van der Waals surface area contributed by atoms with Gasteiger partial charge in [-0.05, 0) is 42.4 Å². The molecule has 110 valence electrons. The van der Waals surface area contributed by atoms with Crippen LogP contribution in [0.2, 0.25) is 0 Å². The van der Waals surface area contributed by atoms with Gasteiger partial charge in [-0.25, -0.2) is 0 Å². The van der Waals surface area contributed by atoms with Gasteiger partial charge in [0.25, 0.3) is 0 Å². The van der Waals surface area contributed by atoms with Crippen molar-refractivity contribution in [3.8, 4) is 5.75 Å². The molecule has 1 aliphatic rings. The van der Waals surface area contributed by atoms with E-state index in [1.807, 2.05) is 0 Å². The first-order valence-electron chi connectivity index (χ1n) is 7.29. The van der Waals surface area contributed by atoms with Crippen molar-refractivity contribution in [2.75, 3.05) is 6.61 Å². The molecule has 0 amide bonds. The zero-order valence-electron chi connectivity index (χ0n) is 13.0. The lowest BCUT2D eigenvalue weighted by atomic mass is 9.86. The normalized spacial score (nSPS) is 16.8. The molecule has 0 aromatic heterocycles. The summed E-state index contributed by atoms with van der Waals surface area (Å²) in [6.45, 7) is 9.36. The van der Waals surface area contributed by atoms with E-state index in [0.29, 0.717) is 13.0 Å². The molecule has 0 bridgehead atoms. The van der Waals surface area contributed by atoms with Gasteiger partial charge in [0.2, 0.25) is 0 Å². The predicted molar refractivity (Wildman–Crippen MR) is 83.6 cm³/mol. The molecule has 1 aromatic rings. The van der Waals surface area contributed by atoms with E-state index in [4.69, 9.17) is 15.9 Å². The largest absolute Gasteiger partial charge is 0.493 e. The molecule has 0 aliphatic heterocycles. The standard InChI is InChI=1S/C17H26N2O/c1-12-5-6-13(16(2,3)4)14(9-12)20-11-17(7-8-17)10-15(18)19/h5-6,9H,7-8,10-11H2,1-4H3,(H3,18,19). The molecule has 0 radical (unpaired) electrons. The molecular formula is C17H26N2O. The van der Waals surface area contributed by atoms with Crippen molar-refractivity contribution in [2.24, 2.45) is 11.1 Å². The fourth-order valence-electron chi connectivity index (χ4n) is 2.55. The first-order chi connectivity index (χ1) is 9.22. The molecule has 0 spiro atoms. The van der Waals surface area contributed by atoms with E-state index < -0.39 is 0 Å². The minimum atomic E-state index is 0.0698. The third-order valence-corrected chi connectivity index (χ3v) is 4.00. The van der Waals surface area contributed by atoms with Crippen molar-refractivity contribution in [1.82, 2.24) is 0 Å². The van der Waals surface area contributed by atoms with Gasteiger partial charge >= 0.3 is 0 Å². The maximum absolute atomic E-state index is 7.47. The number of nitrogens with two attached hydrogens (primary N) is 1. The zero-order chi connectivity index (χ0) is 15.0. The van der Waals surface area contributed by atoms with Gasteiger partial charge in [0.1, 0.15) is 5.75 Å². The van der Waals surface area contributed by atoms with Gasteiger partial charge in [-0.3, -0.25) is 5.41 Å². The molecule has 1 saturated carbocycles. The van der Waals surface area contributed by atoms with Crippen molar-refractivity contribution in [3.63, 3.8) is 0 Å². The summed E-state index contributed by atoms with van der Waals surface area (Å²) in [5, 5.41) is 7.47. The second kappa shape index (κ2) is 5.12. The van der Waals surface area contributed by atoms with Crippen LogP contribution in [0.5, 0.6) is 5.75 Å². The number of benzene rings is 1. The van der Waals surface area contributed by atoms with Crippen molar-refractivity contribution in [2.45, 2.75) is 52.4 Å². The molecular weight excluding hydrogens is 248 g/mol. The van der Waals surface area contributed by atoms with Crippen LogP contribution >= 0.6 is 0 Å². The summed E-state index contributed by atoms with van der Waals surface area (Å²) in [5.41, 5.74) is 8.17. The molecule has 3 N–H and O–H groups in total. The van der Waals surface area contributed by atoms with Gasteiger partial charge in [0, 0.05) is 11.8 Å². The van der Waals surface area contributed by atoms with E-state index in [1.165, 1.54) is 11.1 Å². The van der Waals surface area contributed by atoms with Gasteiger partial charge in [-0.2, -0.15) is 0 Å². The monoisotopic (exact) mass is 274 g/mol. The summed E-state index contributed by atoms with van der Waals surface area (Å²) in [6.07, 6.45) is 2.89. The van der Waals surface area contributed by atoms with Crippen LogP contribution in [0.1, 0.15) is 51.2 Å². The average Bonchev–Trinajstić information content (AvgIpc) is 3.04. The highest BCUT2D eigenvalue weighted by atomic mass is 16.5. The number of aryl methyl sites for hydroxylation is 1. The smallest absolute Gasteiger partial charge is 0.123 e. The summed E-state index contributed by atoms with van der Waals surface area (Å²) < 4.78 is 6.12. The highest BCUT2D eigenvalue weighted by molar-refractivity contribution is 5.78. The molecule has 1 aromatic carbocycles. The first-order valence-corrected chi connectivity index (χ1v) is 7.29. The lowest BCUT2D eigenvalue weighted by Crippen LogP contribution is -2.23. The van der Waals surface area contributed by atoms with E-state index in [9.17, 15) is 0 Å². The van der Waals surface area contributed by atoms with E-state index in [2.05, 4.69) is 45.9 Å². The first kappa shape index (κ1) is 14.9. The topological polar surface area (TPSA) is 59.1 Å². The van der Waals surface area contributed by atoms with Crippen molar-refractivity contribution >= 4 is 5.84 Å². The molecule has 20 heavy (non-hydrogen) atoms. The van der Waals surface area contributed by atoms with E-state index >= 15 is 0 Å². The van der Waals surface area contributed by atoms with Crippen LogP contribution in [0.4, 0.5) is 0 Å². The number of rotatable bonds is 5. The number of nitrogens with one attached hydrogen (secondary N) is 1. The third kappa shape index (κ3) is 3.53. The number of amidine groups is 1. The Morgan fingerprint density at radius 2 is 2.00 bits per heavy atom. The minimum absolute atomic E-state index is 0.0698. The highest BCUT2D eigenvalue weighted by Crippen LogP contribution is 2.49. The third-order valence-electron chi connectivity index (χ3n) is 4.00. The number of hydrogen-bond donors (Lipinski definition) is 2.